The average molecular weight is 185 g/mol. The summed E-state index contributed by atoms with van der Waals surface area (Å²) in [5.41, 5.74) is 0. The molecule has 1 heterocycles. The van der Waals surface area contributed by atoms with Crippen LogP contribution >= 0.6 is 11.8 Å². The first-order valence-electron chi connectivity index (χ1n) is 5.17. The second-order valence-electron chi connectivity index (χ2n) is 4.36. The van der Waals surface area contributed by atoms with Crippen molar-refractivity contribution in [3.63, 3.8) is 0 Å². The normalized spacial score (nSPS) is 37.8. The smallest absolute Gasteiger partial charge is 0.0619 e. The Morgan fingerprint density at radius 3 is 2.75 bits per heavy atom. The lowest BCUT2D eigenvalue weighted by Gasteiger charge is -2.39. The average Bonchev–Trinajstić information content (AvgIpc) is 1.99. The Hall–Kier alpha value is 0.310. The Morgan fingerprint density at radius 1 is 1.42 bits per heavy atom. The van der Waals surface area contributed by atoms with Crippen LogP contribution in [0.5, 0.6) is 0 Å². The van der Waals surface area contributed by atoms with Crippen molar-refractivity contribution in [1.29, 1.82) is 0 Å². The Labute approximate surface area is 79.7 Å². The molecule has 0 amide bonds. The molecule has 0 bridgehead atoms. The molecular weight excluding hydrogens is 166 g/mol. The van der Waals surface area contributed by atoms with Crippen LogP contribution in [0.2, 0.25) is 0 Å². The van der Waals surface area contributed by atoms with Gasteiger partial charge in [-0.05, 0) is 38.0 Å². The molecule has 0 aromatic carbocycles. The maximum Gasteiger partial charge on any atom is 0.0619 e. The summed E-state index contributed by atoms with van der Waals surface area (Å²) in [6.45, 7) is 3.62. The maximum atomic E-state index is 3.66. The lowest BCUT2D eigenvalue weighted by molar-refractivity contribution is 0.251. The van der Waals surface area contributed by atoms with Crippen molar-refractivity contribution < 1.29 is 0 Å². The zero-order chi connectivity index (χ0) is 8.44. The molecule has 2 heteroatoms. The monoisotopic (exact) mass is 185 g/mol. The summed E-state index contributed by atoms with van der Waals surface area (Å²) >= 11 is 2.13. The van der Waals surface area contributed by atoms with Crippen LogP contribution in [-0.4, -0.2) is 17.2 Å². The van der Waals surface area contributed by atoms with Gasteiger partial charge in [0.1, 0.15) is 0 Å². The van der Waals surface area contributed by atoms with Crippen LogP contribution in [0.3, 0.4) is 0 Å². The van der Waals surface area contributed by atoms with Crippen molar-refractivity contribution in [2.45, 2.75) is 43.9 Å². The number of nitrogens with one attached hydrogen (secondary N) is 1. The van der Waals surface area contributed by atoms with Gasteiger partial charge in [0.25, 0.3) is 0 Å². The van der Waals surface area contributed by atoms with Gasteiger partial charge in [0, 0.05) is 0 Å². The van der Waals surface area contributed by atoms with E-state index in [-0.39, 0.29) is 0 Å². The van der Waals surface area contributed by atoms with E-state index in [1.807, 2.05) is 0 Å². The molecule has 12 heavy (non-hydrogen) atoms. The third kappa shape index (κ3) is 1.97. The van der Waals surface area contributed by atoms with E-state index in [0.717, 1.165) is 5.92 Å². The molecule has 1 N–H and O–H groups in total. The van der Waals surface area contributed by atoms with E-state index < -0.39 is 0 Å². The van der Waals surface area contributed by atoms with Crippen LogP contribution in [0.15, 0.2) is 0 Å². The van der Waals surface area contributed by atoms with E-state index in [1.54, 1.807) is 0 Å². The van der Waals surface area contributed by atoms with Crippen LogP contribution in [-0.2, 0) is 0 Å². The van der Waals surface area contributed by atoms with Crippen molar-refractivity contribution in [3.8, 4) is 0 Å². The van der Waals surface area contributed by atoms with Crippen LogP contribution in [0, 0.1) is 5.92 Å². The summed E-state index contributed by atoms with van der Waals surface area (Å²) in [7, 11) is 0. The van der Waals surface area contributed by atoms with Crippen molar-refractivity contribution in [2.75, 3.05) is 12.3 Å². The first-order chi connectivity index (χ1) is 5.79. The fourth-order valence-electron chi connectivity index (χ4n) is 2.15. The highest BCUT2D eigenvalue weighted by molar-refractivity contribution is 8.00. The van der Waals surface area contributed by atoms with Gasteiger partial charge in [-0.1, -0.05) is 19.3 Å². The van der Waals surface area contributed by atoms with Crippen molar-refractivity contribution in [3.05, 3.63) is 0 Å². The van der Waals surface area contributed by atoms with E-state index in [2.05, 4.69) is 24.0 Å². The second-order valence-corrected chi connectivity index (χ2v) is 5.96. The summed E-state index contributed by atoms with van der Waals surface area (Å²) in [6, 6.07) is 0. The van der Waals surface area contributed by atoms with Crippen LogP contribution in [0.1, 0.15) is 39.0 Å². The number of thioether (sulfide) groups is 1. The standard InChI is InChI=1S/C10H19NS/c1-10(8-9-4-2-5-9)11-6-3-7-12-10/h9,11H,2-8H2,1H3. The third-order valence-corrected chi connectivity index (χ3v) is 4.58. The molecule has 1 saturated heterocycles. The molecular formula is C10H19NS. The van der Waals surface area contributed by atoms with E-state index in [1.165, 1.54) is 44.4 Å². The minimum absolute atomic E-state index is 0.420. The Morgan fingerprint density at radius 2 is 2.25 bits per heavy atom. The van der Waals surface area contributed by atoms with E-state index in [9.17, 15) is 0 Å². The highest BCUT2D eigenvalue weighted by Crippen LogP contribution is 2.39. The first-order valence-corrected chi connectivity index (χ1v) is 6.16. The zero-order valence-corrected chi connectivity index (χ0v) is 8.75. The molecule has 70 valence electrons. The van der Waals surface area contributed by atoms with Gasteiger partial charge in [0.05, 0.1) is 4.87 Å². The molecule has 0 spiro atoms. The van der Waals surface area contributed by atoms with Gasteiger partial charge in [0.15, 0.2) is 0 Å². The Balaban J connectivity index is 1.81. The van der Waals surface area contributed by atoms with Crippen LogP contribution in [0.4, 0.5) is 0 Å². The van der Waals surface area contributed by atoms with E-state index >= 15 is 0 Å². The summed E-state index contributed by atoms with van der Waals surface area (Å²) in [5, 5.41) is 3.66. The minimum Gasteiger partial charge on any atom is -0.303 e. The molecule has 0 aromatic heterocycles. The lowest BCUT2D eigenvalue weighted by Crippen LogP contribution is -2.45. The minimum atomic E-state index is 0.420. The molecule has 1 unspecified atom stereocenters. The predicted octanol–water partition coefficient (Wildman–Crippen LogP) is 2.62. The van der Waals surface area contributed by atoms with Crippen molar-refractivity contribution in [1.82, 2.24) is 5.32 Å². The Kier molecular flexibility index (Phi) is 2.66. The first kappa shape index (κ1) is 8.89. The quantitative estimate of drug-likeness (QED) is 0.710. The van der Waals surface area contributed by atoms with E-state index in [0.29, 0.717) is 4.87 Å². The van der Waals surface area contributed by atoms with Gasteiger partial charge in [-0.15, -0.1) is 11.8 Å². The fourth-order valence-corrected chi connectivity index (χ4v) is 3.45. The molecule has 2 fully saturated rings. The summed E-state index contributed by atoms with van der Waals surface area (Å²) < 4.78 is 0. The third-order valence-electron chi connectivity index (χ3n) is 3.14. The van der Waals surface area contributed by atoms with Gasteiger partial charge in [-0.25, -0.2) is 0 Å². The lowest BCUT2D eigenvalue weighted by atomic mass is 9.81. The topological polar surface area (TPSA) is 12.0 Å². The summed E-state index contributed by atoms with van der Waals surface area (Å²) in [4.78, 5) is 0.420. The van der Waals surface area contributed by atoms with Crippen molar-refractivity contribution in [2.24, 2.45) is 5.92 Å². The SMILES string of the molecule is CC1(CC2CCC2)NCCCS1. The highest BCUT2D eigenvalue weighted by Gasteiger charge is 2.32. The number of hydrogen-bond acceptors (Lipinski definition) is 2. The summed E-state index contributed by atoms with van der Waals surface area (Å²) in [5.74, 6) is 2.39. The fraction of sp³-hybridized carbons (Fsp3) is 1.00. The molecule has 1 aliphatic carbocycles. The van der Waals surface area contributed by atoms with Gasteiger partial charge in [-0.2, -0.15) is 0 Å². The molecule has 1 aliphatic heterocycles. The molecule has 2 rings (SSSR count). The van der Waals surface area contributed by atoms with Crippen molar-refractivity contribution >= 4 is 11.8 Å². The van der Waals surface area contributed by atoms with Crippen LogP contribution < -0.4 is 5.32 Å². The molecule has 0 aromatic rings. The maximum absolute atomic E-state index is 3.66. The van der Waals surface area contributed by atoms with Gasteiger partial charge >= 0.3 is 0 Å². The van der Waals surface area contributed by atoms with Gasteiger partial charge in [-0.3, -0.25) is 0 Å². The Bertz CT molecular complexity index is 148. The zero-order valence-electron chi connectivity index (χ0n) is 7.94. The molecule has 2 aliphatic rings. The predicted molar refractivity (Wildman–Crippen MR) is 55.4 cm³/mol. The molecule has 1 saturated carbocycles. The van der Waals surface area contributed by atoms with E-state index in [4.69, 9.17) is 0 Å². The second kappa shape index (κ2) is 3.59. The largest absolute Gasteiger partial charge is 0.303 e. The number of rotatable bonds is 2. The summed E-state index contributed by atoms with van der Waals surface area (Å²) in [6.07, 6.45) is 7.20. The molecule has 1 nitrogen and oxygen atoms in total. The number of hydrogen-bond donors (Lipinski definition) is 1. The van der Waals surface area contributed by atoms with Gasteiger partial charge < -0.3 is 5.32 Å². The van der Waals surface area contributed by atoms with Gasteiger partial charge in [0.2, 0.25) is 0 Å². The van der Waals surface area contributed by atoms with Crippen LogP contribution in [0.25, 0.3) is 0 Å². The molecule has 0 radical (unpaired) electrons. The highest BCUT2D eigenvalue weighted by atomic mass is 32.2. The molecule has 1 atom stereocenters.